The van der Waals surface area contributed by atoms with E-state index in [1.54, 1.807) is 0 Å². The Morgan fingerprint density at radius 1 is 1.80 bits per heavy atom. The van der Waals surface area contributed by atoms with Crippen LogP contribution in [-0.4, -0.2) is 29.3 Å². The summed E-state index contributed by atoms with van der Waals surface area (Å²) >= 11 is 0. The average Bonchev–Trinajstić information content (AvgIpc) is 2.62. The number of carboxylic acid groups (broad SMARTS) is 1. The van der Waals surface area contributed by atoms with E-state index in [-0.39, 0.29) is 19.1 Å². The van der Waals surface area contributed by atoms with Gasteiger partial charge < -0.3 is 15.9 Å². The van der Waals surface area contributed by atoms with Crippen LogP contribution in [0.15, 0.2) is 0 Å². The molecular formula is C6H11NO3. The number of aliphatic carboxylic acids is 1. The van der Waals surface area contributed by atoms with Gasteiger partial charge in [-0.2, -0.15) is 0 Å². The SMILES string of the molecule is NCC1(C(=O)O)CC1CO. The number of carboxylic acids is 1. The molecule has 0 aliphatic heterocycles. The van der Waals surface area contributed by atoms with Crippen molar-refractivity contribution < 1.29 is 15.0 Å². The molecule has 0 heterocycles. The first-order valence-corrected chi connectivity index (χ1v) is 3.21. The molecule has 0 aromatic carbocycles. The molecule has 2 unspecified atom stereocenters. The fourth-order valence-electron chi connectivity index (χ4n) is 1.22. The molecule has 10 heavy (non-hydrogen) atoms. The van der Waals surface area contributed by atoms with Gasteiger partial charge in [0.15, 0.2) is 0 Å². The van der Waals surface area contributed by atoms with Crippen molar-refractivity contribution in [2.75, 3.05) is 13.2 Å². The van der Waals surface area contributed by atoms with Crippen LogP contribution in [0.4, 0.5) is 0 Å². The standard InChI is InChI=1S/C6H11NO3/c7-3-6(5(9)10)1-4(6)2-8/h4,8H,1-3,7H2,(H,9,10). The second-order valence-corrected chi connectivity index (χ2v) is 2.75. The number of rotatable bonds is 3. The monoisotopic (exact) mass is 145 g/mol. The maximum Gasteiger partial charge on any atom is 0.311 e. The van der Waals surface area contributed by atoms with Gasteiger partial charge in [0.25, 0.3) is 0 Å². The van der Waals surface area contributed by atoms with Crippen LogP contribution in [0.5, 0.6) is 0 Å². The largest absolute Gasteiger partial charge is 0.481 e. The molecule has 4 heteroatoms. The number of hydrogen-bond acceptors (Lipinski definition) is 3. The van der Waals surface area contributed by atoms with Crippen LogP contribution in [0, 0.1) is 11.3 Å². The van der Waals surface area contributed by atoms with Crippen LogP contribution in [0.1, 0.15) is 6.42 Å². The Morgan fingerprint density at radius 2 is 2.40 bits per heavy atom. The van der Waals surface area contributed by atoms with E-state index in [1.807, 2.05) is 0 Å². The van der Waals surface area contributed by atoms with Crippen LogP contribution in [-0.2, 0) is 4.79 Å². The smallest absolute Gasteiger partial charge is 0.311 e. The highest BCUT2D eigenvalue weighted by atomic mass is 16.4. The first-order valence-electron chi connectivity index (χ1n) is 3.21. The minimum atomic E-state index is -0.881. The Balaban J connectivity index is 2.59. The third-order valence-corrected chi connectivity index (χ3v) is 2.24. The van der Waals surface area contributed by atoms with Crippen molar-refractivity contribution in [2.45, 2.75) is 6.42 Å². The number of aliphatic hydroxyl groups excluding tert-OH is 1. The fourth-order valence-corrected chi connectivity index (χ4v) is 1.22. The summed E-state index contributed by atoms with van der Waals surface area (Å²) in [6.45, 7) is 0.0665. The normalized spacial score (nSPS) is 37.6. The fraction of sp³-hybridized carbons (Fsp3) is 0.833. The van der Waals surface area contributed by atoms with Crippen LogP contribution in [0.2, 0.25) is 0 Å². The van der Waals surface area contributed by atoms with Crippen LogP contribution in [0.25, 0.3) is 0 Å². The van der Waals surface area contributed by atoms with Gasteiger partial charge in [-0.25, -0.2) is 0 Å². The Labute approximate surface area is 58.6 Å². The molecule has 0 bridgehead atoms. The zero-order chi connectivity index (χ0) is 7.78. The van der Waals surface area contributed by atoms with Crippen molar-refractivity contribution in [1.82, 2.24) is 0 Å². The van der Waals surface area contributed by atoms with Gasteiger partial charge >= 0.3 is 5.97 Å². The van der Waals surface area contributed by atoms with Gasteiger partial charge in [-0.05, 0) is 6.42 Å². The van der Waals surface area contributed by atoms with Crippen LogP contribution >= 0.6 is 0 Å². The molecule has 2 atom stereocenters. The first-order chi connectivity index (χ1) is 4.67. The van der Waals surface area contributed by atoms with E-state index in [4.69, 9.17) is 15.9 Å². The van der Waals surface area contributed by atoms with Gasteiger partial charge in [-0.15, -0.1) is 0 Å². The Bertz CT molecular complexity index is 159. The molecule has 1 aliphatic carbocycles. The summed E-state index contributed by atoms with van der Waals surface area (Å²) in [5.41, 5.74) is 4.45. The van der Waals surface area contributed by atoms with Gasteiger partial charge in [-0.3, -0.25) is 4.79 Å². The van der Waals surface area contributed by atoms with E-state index in [2.05, 4.69) is 0 Å². The molecule has 4 N–H and O–H groups in total. The molecular weight excluding hydrogens is 134 g/mol. The van der Waals surface area contributed by atoms with Gasteiger partial charge in [0.05, 0.1) is 5.41 Å². The Morgan fingerprint density at radius 3 is 2.50 bits per heavy atom. The van der Waals surface area contributed by atoms with Crippen LogP contribution < -0.4 is 5.73 Å². The quantitative estimate of drug-likeness (QED) is 0.477. The molecule has 1 aliphatic rings. The lowest BCUT2D eigenvalue weighted by Crippen LogP contribution is -2.27. The minimum Gasteiger partial charge on any atom is -0.481 e. The maximum absolute atomic E-state index is 10.5. The number of hydrogen-bond donors (Lipinski definition) is 3. The minimum absolute atomic E-state index is 0.0660. The summed E-state index contributed by atoms with van der Waals surface area (Å²) in [7, 11) is 0. The van der Waals surface area contributed by atoms with E-state index in [0.717, 1.165) is 0 Å². The van der Waals surface area contributed by atoms with Gasteiger partial charge in [0.1, 0.15) is 0 Å². The highest BCUT2D eigenvalue weighted by molar-refractivity contribution is 5.79. The topological polar surface area (TPSA) is 83.6 Å². The van der Waals surface area contributed by atoms with Crippen molar-refractivity contribution >= 4 is 5.97 Å². The van der Waals surface area contributed by atoms with E-state index in [0.29, 0.717) is 6.42 Å². The Hall–Kier alpha value is -0.610. The highest BCUT2D eigenvalue weighted by Crippen LogP contribution is 2.51. The second kappa shape index (κ2) is 2.21. The average molecular weight is 145 g/mol. The highest BCUT2D eigenvalue weighted by Gasteiger charge is 2.58. The summed E-state index contributed by atoms with van der Waals surface area (Å²) < 4.78 is 0. The van der Waals surface area contributed by atoms with E-state index < -0.39 is 11.4 Å². The Kier molecular flexibility index (Phi) is 1.66. The number of aliphatic hydroxyl groups is 1. The molecule has 4 nitrogen and oxygen atoms in total. The molecule has 0 aromatic rings. The summed E-state index contributed by atoms with van der Waals surface area (Å²) in [5, 5.41) is 17.2. The van der Waals surface area contributed by atoms with E-state index >= 15 is 0 Å². The van der Waals surface area contributed by atoms with Crippen molar-refractivity contribution in [1.29, 1.82) is 0 Å². The molecule has 0 spiro atoms. The molecule has 0 radical (unpaired) electrons. The molecule has 1 saturated carbocycles. The lowest BCUT2D eigenvalue weighted by Gasteiger charge is -2.05. The lowest BCUT2D eigenvalue weighted by molar-refractivity contribution is -0.143. The third-order valence-electron chi connectivity index (χ3n) is 2.24. The summed E-state index contributed by atoms with van der Waals surface area (Å²) in [4.78, 5) is 10.5. The number of carbonyl (C=O) groups is 1. The zero-order valence-corrected chi connectivity index (χ0v) is 5.58. The molecule has 58 valence electrons. The maximum atomic E-state index is 10.5. The molecule has 0 aromatic heterocycles. The summed E-state index contributed by atoms with van der Waals surface area (Å²) in [6.07, 6.45) is 0.523. The molecule has 0 saturated heterocycles. The third kappa shape index (κ3) is 0.803. The first kappa shape index (κ1) is 7.50. The molecule has 0 amide bonds. The summed E-state index contributed by atoms with van der Waals surface area (Å²) in [6, 6.07) is 0. The van der Waals surface area contributed by atoms with Crippen molar-refractivity contribution in [3.8, 4) is 0 Å². The molecule has 1 fully saturated rings. The molecule has 1 rings (SSSR count). The van der Waals surface area contributed by atoms with Gasteiger partial charge in [0, 0.05) is 19.1 Å². The van der Waals surface area contributed by atoms with Crippen molar-refractivity contribution in [2.24, 2.45) is 17.1 Å². The van der Waals surface area contributed by atoms with Gasteiger partial charge in [0.2, 0.25) is 0 Å². The second-order valence-electron chi connectivity index (χ2n) is 2.75. The van der Waals surface area contributed by atoms with E-state index in [1.165, 1.54) is 0 Å². The van der Waals surface area contributed by atoms with E-state index in [9.17, 15) is 4.79 Å². The number of nitrogens with two attached hydrogens (primary N) is 1. The van der Waals surface area contributed by atoms with Crippen LogP contribution in [0.3, 0.4) is 0 Å². The predicted molar refractivity (Wildman–Crippen MR) is 34.3 cm³/mol. The summed E-state index contributed by atoms with van der Waals surface area (Å²) in [5.74, 6) is -0.996. The lowest BCUT2D eigenvalue weighted by atomic mass is 10.1. The van der Waals surface area contributed by atoms with Crippen molar-refractivity contribution in [3.63, 3.8) is 0 Å². The van der Waals surface area contributed by atoms with Crippen molar-refractivity contribution in [3.05, 3.63) is 0 Å². The van der Waals surface area contributed by atoms with Gasteiger partial charge in [-0.1, -0.05) is 0 Å². The zero-order valence-electron chi connectivity index (χ0n) is 5.58. The predicted octanol–water partition coefficient (Wildman–Crippen LogP) is -0.972.